The van der Waals surface area contributed by atoms with Crippen LogP contribution in [0.3, 0.4) is 0 Å². The van der Waals surface area contributed by atoms with Crippen LogP contribution >= 0.6 is 0 Å². The van der Waals surface area contributed by atoms with Crippen LogP contribution in [0.2, 0.25) is 0 Å². The molecule has 0 radical (unpaired) electrons. The van der Waals surface area contributed by atoms with E-state index < -0.39 is 0 Å². The van der Waals surface area contributed by atoms with Crippen LogP contribution in [0.25, 0.3) is 0 Å². The third-order valence-electron chi connectivity index (χ3n) is 4.02. The Labute approximate surface area is 123 Å². The molecule has 21 heavy (non-hydrogen) atoms. The average Bonchev–Trinajstić information content (AvgIpc) is 2.99. The second kappa shape index (κ2) is 6.54. The molecule has 0 aliphatic carbocycles. The van der Waals surface area contributed by atoms with Crippen LogP contribution < -0.4 is 4.90 Å². The van der Waals surface area contributed by atoms with Gasteiger partial charge in [0.05, 0.1) is 12.7 Å². The van der Waals surface area contributed by atoms with Crippen molar-refractivity contribution in [1.29, 1.82) is 0 Å². The number of nitrogens with zero attached hydrogens (tertiary/aromatic N) is 1. The van der Waals surface area contributed by atoms with E-state index in [2.05, 4.69) is 0 Å². The number of aryl methyl sites for hydroxylation is 1. The number of halogens is 1. The van der Waals surface area contributed by atoms with Gasteiger partial charge >= 0.3 is 0 Å². The highest BCUT2D eigenvalue weighted by Gasteiger charge is 2.23. The van der Waals surface area contributed by atoms with Gasteiger partial charge in [-0.05, 0) is 43.4 Å². The van der Waals surface area contributed by atoms with E-state index in [1.165, 1.54) is 12.1 Å². The van der Waals surface area contributed by atoms with Gasteiger partial charge in [0.25, 0.3) is 5.91 Å². The zero-order valence-corrected chi connectivity index (χ0v) is 12.0. The first-order valence-corrected chi connectivity index (χ1v) is 7.52. The third-order valence-corrected chi connectivity index (χ3v) is 4.02. The third kappa shape index (κ3) is 3.41. The molecule has 2 heterocycles. The number of ether oxygens (including phenoxy) is 2. The number of anilines is 1. The van der Waals surface area contributed by atoms with Gasteiger partial charge in [0.15, 0.2) is 0 Å². The summed E-state index contributed by atoms with van der Waals surface area (Å²) < 4.78 is 24.3. The quantitative estimate of drug-likeness (QED) is 0.855. The van der Waals surface area contributed by atoms with Gasteiger partial charge in [0, 0.05) is 18.8 Å². The van der Waals surface area contributed by atoms with Gasteiger partial charge in [-0.1, -0.05) is 6.07 Å². The molecule has 2 aliphatic heterocycles. The lowest BCUT2D eigenvalue weighted by molar-refractivity contribution is -0.124. The van der Waals surface area contributed by atoms with Crippen LogP contribution in [-0.2, 0) is 20.7 Å². The normalized spacial score (nSPS) is 21.4. The molecule has 1 amide bonds. The predicted molar refractivity (Wildman–Crippen MR) is 76.9 cm³/mol. The molecule has 0 aromatic heterocycles. The zero-order chi connectivity index (χ0) is 14.7. The molecule has 1 aromatic carbocycles. The van der Waals surface area contributed by atoms with Crippen molar-refractivity contribution in [2.75, 3.05) is 31.3 Å². The zero-order valence-electron chi connectivity index (χ0n) is 12.0. The molecule has 0 spiro atoms. The molecule has 1 saturated heterocycles. The Morgan fingerprint density at radius 1 is 1.43 bits per heavy atom. The fourth-order valence-electron chi connectivity index (χ4n) is 2.94. The van der Waals surface area contributed by atoms with Crippen molar-refractivity contribution in [1.82, 2.24) is 0 Å². The summed E-state index contributed by atoms with van der Waals surface area (Å²) in [6, 6.07) is 4.64. The summed E-state index contributed by atoms with van der Waals surface area (Å²) in [4.78, 5) is 13.9. The Bertz CT molecular complexity index is 514. The summed E-state index contributed by atoms with van der Waals surface area (Å²) >= 11 is 0. The first-order valence-electron chi connectivity index (χ1n) is 7.52. The minimum atomic E-state index is -0.311. The molecule has 0 unspecified atom stereocenters. The summed E-state index contributed by atoms with van der Waals surface area (Å²) in [5, 5.41) is 0. The molecule has 114 valence electrons. The molecular formula is C16H20FNO3. The maximum Gasteiger partial charge on any atom is 0.252 e. The minimum Gasteiger partial charge on any atom is -0.376 e. The van der Waals surface area contributed by atoms with Crippen LogP contribution in [0.1, 0.15) is 24.8 Å². The van der Waals surface area contributed by atoms with Crippen molar-refractivity contribution in [3.63, 3.8) is 0 Å². The molecule has 1 fully saturated rings. The smallest absolute Gasteiger partial charge is 0.252 e. The van der Waals surface area contributed by atoms with E-state index in [9.17, 15) is 9.18 Å². The average molecular weight is 293 g/mol. The van der Waals surface area contributed by atoms with Gasteiger partial charge in [-0.15, -0.1) is 0 Å². The Morgan fingerprint density at radius 3 is 3.14 bits per heavy atom. The fraction of sp³-hybridized carbons (Fsp3) is 0.562. The lowest BCUT2D eigenvalue weighted by Crippen LogP contribution is -2.38. The summed E-state index contributed by atoms with van der Waals surface area (Å²) in [5.74, 6) is -0.423. The molecule has 1 atom stereocenters. The number of rotatable bonds is 4. The van der Waals surface area contributed by atoms with Gasteiger partial charge in [-0.25, -0.2) is 4.39 Å². The highest BCUT2D eigenvalue weighted by atomic mass is 19.1. The molecule has 1 aromatic rings. The van der Waals surface area contributed by atoms with Crippen molar-refractivity contribution in [2.45, 2.75) is 31.8 Å². The lowest BCUT2D eigenvalue weighted by atomic mass is 10.0. The molecule has 4 nitrogen and oxygen atoms in total. The number of hydrogen-bond donors (Lipinski definition) is 0. The Balaban J connectivity index is 1.59. The van der Waals surface area contributed by atoms with E-state index in [-0.39, 0.29) is 24.4 Å². The fourth-order valence-corrected chi connectivity index (χ4v) is 2.94. The number of fused-ring (bicyclic) bond motifs is 1. The molecule has 0 saturated carbocycles. The van der Waals surface area contributed by atoms with Crippen molar-refractivity contribution in [2.24, 2.45) is 0 Å². The van der Waals surface area contributed by atoms with Gasteiger partial charge in [0.1, 0.15) is 12.4 Å². The number of hydrogen-bond acceptors (Lipinski definition) is 3. The monoisotopic (exact) mass is 293 g/mol. The maximum atomic E-state index is 13.4. The topological polar surface area (TPSA) is 38.8 Å². The summed E-state index contributed by atoms with van der Waals surface area (Å²) in [6.07, 6.45) is 3.95. The largest absolute Gasteiger partial charge is 0.376 e. The SMILES string of the molecule is O=C(COC[C@@H]1CCCO1)N1CCCc2ccc(F)cc21. The van der Waals surface area contributed by atoms with E-state index in [0.29, 0.717) is 18.8 Å². The minimum absolute atomic E-state index is 0.0236. The molecule has 3 rings (SSSR count). The van der Waals surface area contributed by atoms with Gasteiger partial charge in [-0.2, -0.15) is 0 Å². The highest BCUT2D eigenvalue weighted by molar-refractivity contribution is 5.95. The van der Waals surface area contributed by atoms with Gasteiger partial charge in [0.2, 0.25) is 0 Å². The lowest BCUT2D eigenvalue weighted by Gasteiger charge is -2.29. The number of amides is 1. The number of carbonyl (C=O) groups excluding carboxylic acids is 1. The van der Waals surface area contributed by atoms with Gasteiger partial charge in [-0.3, -0.25) is 4.79 Å². The summed E-state index contributed by atoms with van der Waals surface area (Å²) in [6.45, 7) is 1.88. The van der Waals surface area contributed by atoms with E-state index in [4.69, 9.17) is 9.47 Å². The summed E-state index contributed by atoms with van der Waals surface area (Å²) in [7, 11) is 0. The van der Waals surface area contributed by atoms with Crippen LogP contribution in [0.5, 0.6) is 0 Å². The molecule has 2 aliphatic rings. The Morgan fingerprint density at radius 2 is 2.33 bits per heavy atom. The van der Waals surface area contributed by atoms with Crippen molar-refractivity contribution in [3.05, 3.63) is 29.6 Å². The van der Waals surface area contributed by atoms with Crippen molar-refractivity contribution < 1.29 is 18.7 Å². The van der Waals surface area contributed by atoms with Gasteiger partial charge < -0.3 is 14.4 Å². The molecule has 0 bridgehead atoms. The van der Waals surface area contributed by atoms with E-state index in [1.54, 1.807) is 11.0 Å². The molecule has 0 N–H and O–H groups in total. The second-order valence-corrected chi connectivity index (χ2v) is 5.57. The number of benzene rings is 1. The molecule has 5 heteroatoms. The van der Waals surface area contributed by atoms with Crippen LogP contribution in [0.15, 0.2) is 18.2 Å². The van der Waals surface area contributed by atoms with Crippen LogP contribution in [-0.4, -0.2) is 38.4 Å². The van der Waals surface area contributed by atoms with Crippen LogP contribution in [0.4, 0.5) is 10.1 Å². The highest BCUT2D eigenvalue weighted by Crippen LogP contribution is 2.28. The Hall–Kier alpha value is -1.46. The first-order chi connectivity index (χ1) is 10.2. The first kappa shape index (κ1) is 14.5. The number of carbonyl (C=O) groups is 1. The van der Waals surface area contributed by atoms with Crippen molar-refractivity contribution >= 4 is 11.6 Å². The van der Waals surface area contributed by atoms with Crippen molar-refractivity contribution in [3.8, 4) is 0 Å². The summed E-state index contributed by atoms with van der Waals surface area (Å²) in [5.41, 5.74) is 1.71. The predicted octanol–water partition coefficient (Wildman–Crippen LogP) is 2.30. The second-order valence-electron chi connectivity index (χ2n) is 5.57. The maximum absolute atomic E-state index is 13.4. The van der Waals surface area contributed by atoms with E-state index in [0.717, 1.165) is 37.9 Å². The Kier molecular flexibility index (Phi) is 4.51. The van der Waals surface area contributed by atoms with E-state index >= 15 is 0 Å². The standard InChI is InChI=1S/C16H20FNO3/c17-13-6-5-12-3-1-7-18(15(12)9-13)16(19)11-20-10-14-4-2-8-21-14/h5-6,9,14H,1-4,7-8,10-11H2/t14-/m0/s1. The van der Waals surface area contributed by atoms with E-state index in [1.807, 2.05) is 0 Å². The molecular weight excluding hydrogens is 273 g/mol. The van der Waals surface area contributed by atoms with Crippen LogP contribution in [0, 0.1) is 5.82 Å².